The minimum Gasteiger partial charge on any atom is -0.507 e. The summed E-state index contributed by atoms with van der Waals surface area (Å²) in [7, 11) is 6.14. The maximum Gasteiger partial charge on any atom is 0.320 e. The topological polar surface area (TPSA) is 185 Å². The van der Waals surface area contributed by atoms with Gasteiger partial charge in [0, 0.05) is 5.92 Å². The van der Waals surface area contributed by atoms with Crippen molar-refractivity contribution in [2.75, 3.05) is 34.7 Å². The molecule has 0 aliphatic heterocycles. The van der Waals surface area contributed by atoms with Gasteiger partial charge in [0.05, 0.1) is 30.0 Å². The summed E-state index contributed by atoms with van der Waals surface area (Å²) in [4.78, 5) is 82.8. The quantitative estimate of drug-likeness (QED) is 0.298. The van der Waals surface area contributed by atoms with Crippen LogP contribution in [0, 0.1) is 23.7 Å². The molecule has 38 heavy (non-hydrogen) atoms. The van der Waals surface area contributed by atoms with Crippen molar-refractivity contribution in [1.29, 1.82) is 0 Å². The van der Waals surface area contributed by atoms with Gasteiger partial charge in [-0.05, 0) is 45.7 Å². The Hall–Kier alpha value is -3.48. The van der Waals surface area contributed by atoms with Gasteiger partial charge in [-0.2, -0.15) is 0 Å². The summed E-state index contributed by atoms with van der Waals surface area (Å²) in [6.07, 6.45) is -1.46. The minimum atomic E-state index is -3.04. The summed E-state index contributed by atoms with van der Waals surface area (Å²) in [6.45, 7) is 1.47. The number of ether oxygens (including phenoxy) is 1. The van der Waals surface area contributed by atoms with Gasteiger partial charge in [0.2, 0.25) is 5.91 Å². The summed E-state index contributed by atoms with van der Waals surface area (Å²) >= 11 is 0. The highest BCUT2D eigenvalue weighted by atomic mass is 16.5. The molecule has 0 radical (unpaired) electrons. The average Bonchev–Trinajstić information content (AvgIpc) is 2.80. The van der Waals surface area contributed by atoms with Gasteiger partial charge in [0.25, 0.3) is 0 Å². The number of carbonyl (C=O) groups is 6. The van der Waals surface area contributed by atoms with Gasteiger partial charge < -0.3 is 20.7 Å². The van der Waals surface area contributed by atoms with Crippen molar-refractivity contribution in [3.05, 3.63) is 29.3 Å². The SMILES string of the molecule is C[C@H]1c2cccc(O)c2C(=O)C2C(=O)[C@]3(O)C(=O)C(C(N)=O)C(=O)[C@@H](N(C)C)[C@@H]3[C@@H](OC(=O)CN(C)C)[C@@H]21. The first kappa shape index (κ1) is 27.6. The van der Waals surface area contributed by atoms with E-state index in [1.807, 2.05) is 0 Å². The van der Waals surface area contributed by atoms with Crippen LogP contribution in [0.3, 0.4) is 0 Å². The number of rotatable bonds is 5. The van der Waals surface area contributed by atoms with Crippen molar-refractivity contribution < 1.29 is 43.7 Å². The van der Waals surface area contributed by atoms with Crippen LogP contribution in [0.4, 0.5) is 0 Å². The number of amides is 1. The number of phenolic OH excluding ortho intramolecular Hbond substituents is 1. The molecule has 12 nitrogen and oxygen atoms in total. The van der Waals surface area contributed by atoms with E-state index < -0.39 is 82.3 Å². The maximum absolute atomic E-state index is 14.1. The Balaban J connectivity index is 2.00. The van der Waals surface area contributed by atoms with Gasteiger partial charge in [-0.25, -0.2) is 0 Å². The molecule has 2 unspecified atom stereocenters. The summed E-state index contributed by atoms with van der Waals surface area (Å²) in [5, 5.41) is 22.4. The molecule has 3 aliphatic carbocycles. The molecule has 0 spiro atoms. The predicted octanol–water partition coefficient (Wildman–Crippen LogP) is -1.49. The first-order valence-corrected chi connectivity index (χ1v) is 12.2. The Morgan fingerprint density at radius 2 is 1.71 bits per heavy atom. The van der Waals surface area contributed by atoms with Crippen molar-refractivity contribution in [2.45, 2.75) is 30.6 Å². The molecule has 0 aromatic heterocycles. The van der Waals surface area contributed by atoms with Crippen molar-refractivity contribution in [2.24, 2.45) is 29.4 Å². The average molecular weight is 530 g/mol. The number of benzene rings is 1. The summed E-state index contributed by atoms with van der Waals surface area (Å²) in [6, 6.07) is 2.98. The fraction of sp³-hybridized carbons (Fsp3) is 0.538. The molecule has 4 N–H and O–H groups in total. The Morgan fingerprint density at radius 3 is 2.26 bits per heavy atom. The summed E-state index contributed by atoms with van der Waals surface area (Å²) in [5.74, 6) is -14.2. The van der Waals surface area contributed by atoms with E-state index in [0.717, 1.165) is 0 Å². The Kier molecular flexibility index (Phi) is 6.79. The lowest BCUT2D eigenvalue weighted by Gasteiger charge is -2.56. The molecule has 0 heterocycles. The smallest absolute Gasteiger partial charge is 0.320 e. The Labute approximate surface area is 218 Å². The van der Waals surface area contributed by atoms with Crippen LogP contribution >= 0.6 is 0 Å². The van der Waals surface area contributed by atoms with E-state index in [0.29, 0.717) is 5.56 Å². The van der Waals surface area contributed by atoms with Gasteiger partial charge in [-0.1, -0.05) is 19.1 Å². The largest absolute Gasteiger partial charge is 0.507 e. The lowest BCUT2D eigenvalue weighted by molar-refractivity contribution is -0.205. The molecule has 1 aromatic rings. The molecule has 4 rings (SSSR count). The van der Waals surface area contributed by atoms with Gasteiger partial charge in [0.15, 0.2) is 34.7 Å². The third-order valence-corrected chi connectivity index (χ3v) is 8.04. The van der Waals surface area contributed by atoms with Crippen LogP contribution in [-0.2, 0) is 28.7 Å². The van der Waals surface area contributed by atoms with Crippen LogP contribution in [0.1, 0.15) is 28.8 Å². The van der Waals surface area contributed by atoms with Crippen molar-refractivity contribution in [3.8, 4) is 5.75 Å². The highest BCUT2D eigenvalue weighted by Crippen LogP contribution is 2.55. The molecule has 8 atom stereocenters. The molecule has 3 aliphatic rings. The van der Waals surface area contributed by atoms with Gasteiger partial charge in [-0.15, -0.1) is 0 Å². The number of ketones is 4. The number of hydrogen-bond acceptors (Lipinski definition) is 11. The van der Waals surface area contributed by atoms with Crippen molar-refractivity contribution in [3.63, 3.8) is 0 Å². The number of primary amides is 1. The van der Waals surface area contributed by atoms with Gasteiger partial charge in [-0.3, -0.25) is 38.6 Å². The normalized spacial score (nSPS) is 34.6. The standard InChI is InChI=1S/C26H31N3O9/c1-10-11-7-6-8-12(30)15(11)20(32)16-14(10)22(38-13(31)9-28(2)3)18-19(29(4)5)21(33)17(25(27)36)24(35)26(18,37)23(16)34/h6-8,10,14,16-19,22,30,37H,9H2,1-5H3,(H2,27,36)/t10-,14+,16?,17?,18+,19-,22-,26-/m0/s1. The number of carbonyl (C=O) groups excluding carboxylic acids is 6. The molecule has 2 fully saturated rings. The molecular weight excluding hydrogens is 498 g/mol. The fourth-order valence-electron chi connectivity index (χ4n) is 6.51. The number of aromatic hydroxyl groups is 1. The Bertz CT molecular complexity index is 1260. The first-order valence-electron chi connectivity index (χ1n) is 12.2. The monoisotopic (exact) mass is 529 g/mol. The van der Waals surface area contributed by atoms with Crippen LogP contribution < -0.4 is 5.73 Å². The number of fused-ring (bicyclic) bond motifs is 3. The van der Waals surface area contributed by atoms with Crippen LogP contribution in [0.5, 0.6) is 5.75 Å². The van der Waals surface area contributed by atoms with E-state index in [9.17, 15) is 39.0 Å². The number of esters is 1. The minimum absolute atomic E-state index is 0.134. The predicted molar refractivity (Wildman–Crippen MR) is 130 cm³/mol. The van der Waals surface area contributed by atoms with Crippen LogP contribution in [0.15, 0.2) is 18.2 Å². The number of Topliss-reactive ketones (excluding diaryl/α,β-unsaturated/α-hetero) is 4. The maximum atomic E-state index is 14.1. The third kappa shape index (κ3) is 3.77. The van der Waals surface area contributed by atoms with E-state index in [1.165, 1.54) is 36.0 Å². The molecule has 0 saturated heterocycles. The van der Waals surface area contributed by atoms with Gasteiger partial charge in [0.1, 0.15) is 11.9 Å². The van der Waals surface area contributed by atoms with E-state index in [4.69, 9.17) is 10.5 Å². The number of phenols is 1. The zero-order chi connectivity index (χ0) is 28.4. The van der Waals surface area contributed by atoms with E-state index in [1.54, 1.807) is 27.1 Å². The lowest BCUT2D eigenvalue weighted by Crippen LogP contribution is -2.78. The Morgan fingerprint density at radius 1 is 1.08 bits per heavy atom. The fourth-order valence-corrected chi connectivity index (χ4v) is 6.51. The molecule has 1 amide bonds. The number of aliphatic hydroxyl groups is 1. The number of nitrogens with zero attached hydrogens (tertiary/aromatic N) is 2. The van der Waals surface area contributed by atoms with E-state index in [2.05, 4.69) is 0 Å². The first-order chi connectivity index (χ1) is 17.7. The van der Waals surface area contributed by atoms with Crippen molar-refractivity contribution in [1.82, 2.24) is 9.80 Å². The van der Waals surface area contributed by atoms with Crippen LogP contribution in [0.2, 0.25) is 0 Å². The van der Waals surface area contributed by atoms with Gasteiger partial charge >= 0.3 is 5.97 Å². The second kappa shape index (κ2) is 9.37. The molecule has 204 valence electrons. The third-order valence-electron chi connectivity index (χ3n) is 8.04. The van der Waals surface area contributed by atoms with E-state index >= 15 is 0 Å². The summed E-state index contributed by atoms with van der Waals surface area (Å²) < 4.78 is 5.84. The highest BCUT2D eigenvalue weighted by Gasteiger charge is 2.74. The number of hydrogen-bond donors (Lipinski definition) is 3. The second-order valence-corrected chi connectivity index (χ2v) is 10.8. The zero-order valence-corrected chi connectivity index (χ0v) is 21.7. The molecular formula is C26H31N3O9. The van der Waals surface area contributed by atoms with E-state index in [-0.39, 0.29) is 17.9 Å². The highest BCUT2D eigenvalue weighted by molar-refractivity contribution is 6.32. The number of nitrogens with two attached hydrogens (primary N) is 1. The molecule has 0 bridgehead atoms. The second-order valence-electron chi connectivity index (χ2n) is 10.8. The zero-order valence-electron chi connectivity index (χ0n) is 21.7. The summed E-state index contributed by atoms with van der Waals surface area (Å²) in [5.41, 5.74) is 2.58. The van der Waals surface area contributed by atoms with Crippen LogP contribution in [0.25, 0.3) is 0 Å². The molecule has 2 saturated carbocycles. The molecule has 1 aromatic carbocycles. The van der Waals surface area contributed by atoms with Crippen molar-refractivity contribution >= 4 is 35.0 Å². The molecule has 12 heteroatoms. The number of likely N-dealkylation sites (N-methyl/N-ethyl adjacent to an activating group) is 2. The van der Waals surface area contributed by atoms with Crippen LogP contribution in [-0.4, -0.2) is 108 Å². The lowest BCUT2D eigenvalue weighted by atomic mass is 9.49.